The van der Waals surface area contributed by atoms with E-state index in [9.17, 15) is 9.59 Å². The molecule has 1 aliphatic rings. The number of hydrogen-bond acceptors (Lipinski definition) is 5. The number of anilines is 2. The molecule has 0 saturated carbocycles. The molecule has 4 rings (SSSR count). The molecular weight excluding hydrogens is 404 g/mol. The van der Waals surface area contributed by atoms with Crippen molar-refractivity contribution >= 4 is 28.8 Å². The van der Waals surface area contributed by atoms with Crippen molar-refractivity contribution in [3.8, 4) is 11.5 Å². The van der Waals surface area contributed by atoms with Crippen LogP contribution in [0.15, 0.2) is 72.4 Å². The second kappa shape index (κ2) is 8.59. The molecule has 0 bridgehead atoms. The Morgan fingerprint density at radius 3 is 2.19 bits per heavy atom. The Kier molecular flexibility index (Phi) is 5.69. The molecule has 0 radical (unpaired) electrons. The summed E-state index contributed by atoms with van der Waals surface area (Å²) >= 11 is 0. The lowest BCUT2D eigenvalue weighted by molar-refractivity contribution is -0.120. The third-order valence-electron chi connectivity index (χ3n) is 5.42. The Morgan fingerprint density at radius 2 is 1.53 bits per heavy atom. The van der Waals surface area contributed by atoms with E-state index < -0.39 is 5.91 Å². The first-order valence-electron chi connectivity index (χ1n) is 10.2. The van der Waals surface area contributed by atoms with Gasteiger partial charge in [0.25, 0.3) is 11.8 Å². The van der Waals surface area contributed by atoms with E-state index in [1.807, 2.05) is 38.1 Å². The van der Waals surface area contributed by atoms with Gasteiger partial charge in [-0.15, -0.1) is 0 Å². The monoisotopic (exact) mass is 428 g/mol. The molecule has 3 aromatic carbocycles. The lowest BCUT2D eigenvalue weighted by Crippen LogP contribution is -2.33. The molecule has 0 aliphatic carbocycles. The Morgan fingerprint density at radius 1 is 0.812 bits per heavy atom. The van der Waals surface area contributed by atoms with Gasteiger partial charge in [-0.3, -0.25) is 9.59 Å². The van der Waals surface area contributed by atoms with Gasteiger partial charge in [-0.2, -0.15) is 0 Å². The van der Waals surface area contributed by atoms with Crippen LogP contribution in [0, 0.1) is 13.8 Å². The van der Waals surface area contributed by atoms with E-state index >= 15 is 0 Å². The Balaban J connectivity index is 1.85. The number of imide groups is 1. The van der Waals surface area contributed by atoms with Crippen molar-refractivity contribution < 1.29 is 19.1 Å². The molecule has 0 saturated heterocycles. The van der Waals surface area contributed by atoms with E-state index in [0.717, 1.165) is 11.1 Å². The SMILES string of the molecule is COc1ccc(C2=C(Nc3ccccc3OC)C(=O)N(c3ccc(C)cc3C)C2=O)cc1. The number of amides is 2. The van der Waals surface area contributed by atoms with Gasteiger partial charge in [0.2, 0.25) is 0 Å². The van der Waals surface area contributed by atoms with E-state index in [1.54, 1.807) is 56.7 Å². The Hall–Kier alpha value is -4.06. The minimum Gasteiger partial charge on any atom is -0.497 e. The highest BCUT2D eigenvalue weighted by Crippen LogP contribution is 2.37. The highest BCUT2D eigenvalue weighted by molar-refractivity contribution is 6.46. The number of carbonyl (C=O) groups excluding carboxylic acids is 2. The number of para-hydroxylation sites is 2. The molecule has 32 heavy (non-hydrogen) atoms. The predicted molar refractivity (Wildman–Crippen MR) is 125 cm³/mol. The van der Waals surface area contributed by atoms with Gasteiger partial charge in [0.15, 0.2) is 0 Å². The smallest absolute Gasteiger partial charge is 0.282 e. The highest BCUT2D eigenvalue weighted by Gasteiger charge is 2.41. The van der Waals surface area contributed by atoms with Crippen LogP contribution in [0.1, 0.15) is 16.7 Å². The van der Waals surface area contributed by atoms with Crippen molar-refractivity contribution in [2.24, 2.45) is 0 Å². The fourth-order valence-electron chi connectivity index (χ4n) is 3.83. The minimum atomic E-state index is -0.418. The van der Waals surface area contributed by atoms with Crippen molar-refractivity contribution in [2.45, 2.75) is 13.8 Å². The summed E-state index contributed by atoms with van der Waals surface area (Å²) in [7, 11) is 3.14. The van der Waals surface area contributed by atoms with Crippen molar-refractivity contribution in [1.29, 1.82) is 0 Å². The van der Waals surface area contributed by atoms with Crippen molar-refractivity contribution in [3.63, 3.8) is 0 Å². The molecule has 0 aromatic heterocycles. The van der Waals surface area contributed by atoms with Gasteiger partial charge in [0.1, 0.15) is 17.2 Å². The average molecular weight is 428 g/mol. The first kappa shape index (κ1) is 21.2. The molecule has 1 heterocycles. The second-order valence-electron chi connectivity index (χ2n) is 7.54. The van der Waals surface area contributed by atoms with Crippen LogP contribution < -0.4 is 19.7 Å². The molecule has 6 nitrogen and oxygen atoms in total. The lowest BCUT2D eigenvalue weighted by atomic mass is 10.0. The molecule has 162 valence electrons. The fourth-order valence-corrected chi connectivity index (χ4v) is 3.83. The lowest BCUT2D eigenvalue weighted by Gasteiger charge is -2.18. The zero-order valence-electron chi connectivity index (χ0n) is 18.4. The van der Waals surface area contributed by atoms with Gasteiger partial charge in [0, 0.05) is 0 Å². The topological polar surface area (TPSA) is 67.9 Å². The average Bonchev–Trinajstić information content (AvgIpc) is 3.04. The van der Waals surface area contributed by atoms with Crippen LogP contribution in [0.2, 0.25) is 0 Å². The maximum atomic E-state index is 13.6. The number of ether oxygens (including phenoxy) is 2. The van der Waals surface area contributed by atoms with Gasteiger partial charge in [-0.25, -0.2) is 4.90 Å². The number of nitrogens with zero attached hydrogens (tertiary/aromatic N) is 1. The highest BCUT2D eigenvalue weighted by atomic mass is 16.5. The standard InChI is InChI=1S/C26H24N2O4/c1-16-9-14-21(17(2)15-16)28-25(29)23(18-10-12-19(31-3)13-11-18)24(26(28)30)27-20-7-5-6-8-22(20)32-4/h5-15,27H,1-4H3. The van der Waals surface area contributed by atoms with Crippen molar-refractivity contribution in [3.05, 3.63) is 89.1 Å². The maximum absolute atomic E-state index is 13.6. The van der Waals surface area contributed by atoms with Crippen LogP contribution in [0.5, 0.6) is 11.5 Å². The Labute approximate surface area is 187 Å². The number of methoxy groups -OCH3 is 2. The third-order valence-corrected chi connectivity index (χ3v) is 5.42. The van der Waals surface area contributed by atoms with Crippen LogP contribution in [-0.4, -0.2) is 26.0 Å². The van der Waals surface area contributed by atoms with Crippen LogP contribution in [-0.2, 0) is 9.59 Å². The second-order valence-corrected chi connectivity index (χ2v) is 7.54. The van der Waals surface area contributed by atoms with Gasteiger partial charge < -0.3 is 14.8 Å². The number of benzene rings is 3. The first-order valence-corrected chi connectivity index (χ1v) is 10.2. The van der Waals surface area contributed by atoms with Gasteiger partial charge in [0.05, 0.1) is 31.2 Å². The molecule has 0 fully saturated rings. The molecular formula is C26H24N2O4. The number of rotatable bonds is 6. The molecule has 1 aliphatic heterocycles. The molecule has 3 aromatic rings. The van der Waals surface area contributed by atoms with E-state index in [1.165, 1.54) is 4.90 Å². The molecule has 2 amide bonds. The zero-order valence-corrected chi connectivity index (χ0v) is 18.4. The number of nitrogens with one attached hydrogen (secondary N) is 1. The summed E-state index contributed by atoms with van der Waals surface area (Å²) in [6.07, 6.45) is 0. The summed E-state index contributed by atoms with van der Waals surface area (Å²) in [5, 5.41) is 3.16. The van der Waals surface area contributed by atoms with Crippen molar-refractivity contribution in [1.82, 2.24) is 0 Å². The summed E-state index contributed by atoms with van der Waals surface area (Å²) in [6.45, 7) is 3.86. The molecule has 0 spiro atoms. The predicted octanol–water partition coefficient (Wildman–Crippen LogP) is 4.72. The summed E-state index contributed by atoms with van der Waals surface area (Å²) in [6, 6.07) is 20.0. The van der Waals surface area contributed by atoms with Gasteiger partial charge in [-0.1, -0.05) is 42.0 Å². The fraction of sp³-hybridized carbons (Fsp3) is 0.154. The van der Waals surface area contributed by atoms with Gasteiger partial charge >= 0.3 is 0 Å². The Bertz CT molecular complexity index is 1230. The van der Waals surface area contributed by atoms with Crippen LogP contribution in [0.4, 0.5) is 11.4 Å². The van der Waals surface area contributed by atoms with Gasteiger partial charge in [-0.05, 0) is 55.3 Å². The summed E-state index contributed by atoms with van der Waals surface area (Å²) in [5.41, 5.74) is 4.18. The number of aryl methyl sites for hydroxylation is 2. The van der Waals surface area contributed by atoms with E-state index in [0.29, 0.717) is 34.0 Å². The molecule has 0 unspecified atom stereocenters. The molecule has 1 N–H and O–H groups in total. The first-order chi connectivity index (χ1) is 15.4. The summed E-state index contributed by atoms with van der Waals surface area (Å²) in [4.78, 5) is 28.4. The van der Waals surface area contributed by atoms with E-state index in [2.05, 4.69) is 5.32 Å². The molecule has 6 heteroatoms. The van der Waals surface area contributed by atoms with Crippen molar-refractivity contribution in [2.75, 3.05) is 24.4 Å². The molecule has 0 atom stereocenters. The van der Waals surface area contributed by atoms with E-state index in [4.69, 9.17) is 9.47 Å². The zero-order chi connectivity index (χ0) is 22.8. The third kappa shape index (κ3) is 3.71. The quantitative estimate of drug-likeness (QED) is 0.576. The number of hydrogen-bond donors (Lipinski definition) is 1. The maximum Gasteiger partial charge on any atom is 0.282 e. The van der Waals surface area contributed by atoms with Crippen LogP contribution in [0.25, 0.3) is 5.57 Å². The number of carbonyl (C=O) groups is 2. The summed E-state index contributed by atoms with van der Waals surface area (Å²) in [5.74, 6) is 0.430. The summed E-state index contributed by atoms with van der Waals surface area (Å²) < 4.78 is 10.7. The normalized spacial score (nSPS) is 13.6. The van der Waals surface area contributed by atoms with E-state index in [-0.39, 0.29) is 11.6 Å². The largest absolute Gasteiger partial charge is 0.497 e. The minimum absolute atomic E-state index is 0.199. The van der Waals surface area contributed by atoms with Crippen LogP contribution in [0.3, 0.4) is 0 Å². The van der Waals surface area contributed by atoms with Crippen LogP contribution >= 0.6 is 0 Å².